The molecule has 2 atom stereocenters. The highest BCUT2D eigenvalue weighted by Crippen LogP contribution is 2.13. The van der Waals surface area contributed by atoms with E-state index >= 15 is 0 Å². The first-order chi connectivity index (χ1) is 8.90. The summed E-state index contributed by atoms with van der Waals surface area (Å²) < 4.78 is 0. The van der Waals surface area contributed by atoms with Gasteiger partial charge in [-0.15, -0.1) is 0 Å². The van der Waals surface area contributed by atoms with Gasteiger partial charge >= 0.3 is 12.0 Å². The second-order valence-electron chi connectivity index (χ2n) is 4.69. The summed E-state index contributed by atoms with van der Waals surface area (Å²) in [6.45, 7) is 1.44. The lowest BCUT2D eigenvalue weighted by molar-refractivity contribution is -0.140. The molecular formula is C11H20N4O4. The maximum atomic E-state index is 11.5. The monoisotopic (exact) mass is 272 g/mol. The van der Waals surface area contributed by atoms with E-state index < -0.39 is 30.4 Å². The van der Waals surface area contributed by atoms with Crippen molar-refractivity contribution in [2.45, 2.75) is 31.3 Å². The number of nitrogens with zero attached hydrogens (tertiary/aromatic N) is 1. The lowest BCUT2D eigenvalue weighted by Crippen LogP contribution is -2.49. The van der Waals surface area contributed by atoms with Crippen LogP contribution in [0, 0.1) is 0 Å². The van der Waals surface area contributed by atoms with Crippen LogP contribution in [-0.4, -0.2) is 60.1 Å². The Labute approximate surface area is 111 Å². The van der Waals surface area contributed by atoms with Gasteiger partial charge in [0, 0.05) is 12.6 Å². The van der Waals surface area contributed by atoms with Gasteiger partial charge < -0.3 is 26.4 Å². The van der Waals surface area contributed by atoms with Crippen molar-refractivity contribution in [3.8, 4) is 0 Å². The lowest BCUT2D eigenvalue weighted by atomic mass is 10.2. The van der Waals surface area contributed by atoms with Crippen molar-refractivity contribution in [2.75, 3.05) is 20.1 Å². The fourth-order valence-corrected chi connectivity index (χ4v) is 2.06. The summed E-state index contributed by atoms with van der Waals surface area (Å²) in [5.41, 5.74) is 4.92. The van der Waals surface area contributed by atoms with E-state index in [4.69, 9.17) is 10.8 Å². The summed E-state index contributed by atoms with van der Waals surface area (Å²) in [6, 6.07) is -1.63. The van der Waals surface area contributed by atoms with E-state index in [1.54, 1.807) is 0 Å². The number of likely N-dealkylation sites (N-methyl/N-ethyl adjacent to an activating group) is 1. The van der Waals surface area contributed by atoms with Crippen molar-refractivity contribution >= 4 is 17.9 Å². The fraction of sp³-hybridized carbons (Fsp3) is 0.727. The molecule has 1 heterocycles. The zero-order valence-corrected chi connectivity index (χ0v) is 10.9. The number of urea groups is 1. The number of hydrogen-bond donors (Lipinski definition) is 4. The molecule has 0 spiro atoms. The van der Waals surface area contributed by atoms with Crippen LogP contribution in [0.2, 0.25) is 0 Å². The van der Waals surface area contributed by atoms with E-state index in [2.05, 4.69) is 15.5 Å². The van der Waals surface area contributed by atoms with Gasteiger partial charge in [-0.2, -0.15) is 0 Å². The third kappa shape index (κ3) is 5.12. The molecule has 0 aromatic heterocycles. The van der Waals surface area contributed by atoms with Gasteiger partial charge in [0.05, 0.1) is 6.42 Å². The first-order valence-electron chi connectivity index (χ1n) is 6.16. The molecule has 108 valence electrons. The van der Waals surface area contributed by atoms with E-state index in [1.165, 1.54) is 0 Å². The summed E-state index contributed by atoms with van der Waals surface area (Å²) in [5, 5.41) is 13.7. The number of rotatable bonds is 6. The number of carbonyl (C=O) groups excluding carboxylic acids is 2. The van der Waals surface area contributed by atoms with Crippen LogP contribution in [0.1, 0.15) is 19.3 Å². The number of carboxylic acid groups (broad SMARTS) is 1. The molecule has 0 saturated carbocycles. The fourth-order valence-electron chi connectivity index (χ4n) is 2.06. The number of amides is 3. The predicted octanol–water partition coefficient (Wildman–Crippen LogP) is -1.29. The quantitative estimate of drug-likeness (QED) is 0.479. The van der Waals surface area contributed by atoms with Gasteiger partial charge in [0.1, 0.15) is 6.04 Å². The molecule has 2 unspecified atom stereocenters. The molecule has 1 fully saturated rings. The van der Waals surface area contributed by atoms with Gasteiger partial charge in [-0.1, -0.05) is 0 Å². The third-order valence-electron chi connectivity index (χ3n) is 3.18. The average molecular weight is 272 g/mol. The normalized spacial score (nSPS) is 20.8. The molecule has 3 amide bonds. The predicted molar refractivity (Wildman–Crippen MR) is 67.4 cm³/mol. The highest BCUT2D eigenvalue weighted by Gasteiger charge is 2.24. The van der Waals surface area contributed by atoms with E-state index in [0.717, 1.165) is 19.4 Å². The molecule has 19 heavy (non-hydrogen) atoms. The molecule has 0 bridgehead atoms. The highest BCUT2D eigenvalue weighted by molar-refractivity contribution is 5.87. The minimum Gasteiger partial charge on any atom is -0.480 e. The summed E-state index contributed by atoms with van der Waals surface area (Å²) in [4.78, 5) is 35.2. The van der Waals surface area contributed by atoms with Crippen LogP contribution in [0.3, 0.4) is 0 Å². The Hall–Kier alpha value is -1.83. The van der Waals surface area contributed by atoms with Crippen LogP contribution in [0.5, 0.6) is 0 Å². The van der Waals surface area contributed by atoms with Gasteiger partial charge in [-0.25, -0.2) is 9.59 Å². The Morgan fingerprint density at radius 2 is 2.16 bits per heavy atom. The Balaban J connectivity index is 2.35. The zero-order valence-electron chi connectivity index (χ0n) is 10.9. The number of nitrogens with two attached hydrogens (primary N) is 1. The Morgan fingerprint density at radius 3 is 2.63 bits per heavy atom. The van der Waals surface area contributed by atoms with Crippen LogP contribution < -0.4 is 16.4 Å². The maximum absolute atomic E-state index is 11.5. The molecule has 1 saturated heterocycles. The lowest BCUT2D eigenvalue weighted by Gasteiger charge is -2.20. The smallest absolute Gasteiger partial charge is 0.326 e. The summed E-state index contributed by atoms with van der Waals surface area (Å²) in [5.74, 6) is -2.06. The van der Waals surface area contributed by atoms with E-state index in [1.807, 2.05) is 7.05 Å². The number of aliphatic carboxylic acids is 1. The first-order valence-corrected chi connectivity index (χ1v) is 6.16. The second-order valence-corrected chi connectivity index (χ2v) is 4.69. The number of carboxylic acids is 1. The molecule has 8 heteroatoms. The topological polar surface area (TPSA) is 125 Å². The molecule has 1 aliphatic rings. The first kappa shape index (κ1) is 15.2. The number of primary amides is 1. The summed E-state index contributed by atoms with van der Waals surface area (Å²) in [6.07, 6.45) is 1.66. The van der Waals surface area contributed by atoms with Crippen molar-refractivity contribution in [3.63, 3.8) is 0 Å². The number of nitrogens with one attached hydrogen (secondary N) is 2. The molecular weight excluding hydrogens is 252 g/mol. The van der Waals surface area contributed by atoms with Crippen molar-refractivity contribution < 1.29 is 19.5 Å². The molecule has 0 aromatic carbocycles. The SMILES string of the molecule is CN1CCCC1CNC(=O)NC(CC(N)=O)C(=O)O. The third-order valence-corrected chi connectivity index (χ3v) is 3.18. The largest absolute Gasteiger partial charge is 0.480 e. The molecule has 1 rings (SSSR count). The van der Waals surface area contributed by atoms with Crippen molar-refractivity contribution in [2.24, 2.45) is 5.73 Å². The molecule has 0 radical (unpaired) electrons. The van der Waals surface area contributed by atoms with Crippen LogP contribution in [0.25, 0.3) is 0 Å². The number of likely N-dealkylation sites (tertiary alicyclic amines) is 1. The number of carbonyl (C=O) groups is 3. The van der Waals surface area contributed by atoms with Gasteiger partial charge in [-0.05, 0) is 26.4 Å². The van der Waals surface area contributed by atoms with Crippen LogP contribution >= 0.6 is 0 Å². The molecule has 0 aliphatic carbocycles. The van der Waals surface area contributed by atoms with Gasteiger partial charge in [0.15, 0.2) is 0 Å². The zero-order chi connectivity index (χ0) is 14.4. The van der Waals surface area contributed by atoms with E-state index in [9.17, 15) is 14.4 Å². The summed E-state index contributed by atoms with van der Waals surface area (Å²) in [7, 11) is 1.98. The molecule has 5 N–H and O–H groups in total. The van der Waals surface area contributed by atoms with E-state index in [0.29, 0.717) is 6.54 Å². The van der Waals surface area contributed by atoms with Crippen molar-refractivity contribution in [1.29, 1.82) is 0 Å². The standard InChI is InChI=1S/C11H20N4O4/c1-15-4-2-3-7(15)6-13-11(19)14-8(10(17)18)5-9(12)16/h7-8H,2-6H2,1H3,(H2,12,16)(H,17,18)(H2,13,14,19). The minimum absolute atomic E-state index is 0.269. The molecule has 8 nitrogen and oxygen atoms in total. The van der Waals surface area contributed by atoms with E-state index in [-0.39, 0.29) is 6.04 Å². The Kier molecular flexibility index (Phi) is 5.56. The van der Waals surface area contributed by atoms with Gasteiger partial charge in [0.2, 0.25) is 5.91 Å². The second kappa shape index (κ2) is 6.93. The van der Waals surface area contributed by atoms with Crippen molar-refractivity contribution in [3.05, 3.63) is 0 Å². The van der Waals surface area contributed by atoms with Gasteiger partial charge in [-0.3, -0.25) is 4.79 Å². The summed E-state index contributed by atoms with van der Waals surface area (Å²) >= 11 is 0. The Bertz CT molecular complexity index is 361. The minimum atomic E-state index is -1.29. The van der Waals surface area contributed by atoms with Gasteiger partial charge in [0.25, 0.3) is 0 Å². The average Bonchev–Trinajstić information content (AvgIpc) is 2.70. The van der Waals surface area contributed by atoms with Crippen molar-refractivity contribution in [1.82, 2.24) is 15.5 Å². The van der Waals surface area contributed by atoms with Crippen LogP contribution in [-0.2, 0) is 9.59 Å². The Morgan fingerprint density at radius 1 is 1.47 bits per heavy atom. The molecule has 0 aromatic rings. The maximum Gasteiger partial charge on any atom is 0.326 e. The van der Waals surface area contributed by atoms with Crippen LogP contribution in [0.4, 0.5) is 4.79 Å². The number of hydrogen-bond acceptors (Lipinski definition) is 4. The molecule has 1 aliphatic heterocycles. The highest BCUT2D eigenvalue weighted by atomic mass is 16.4. The van der Waals surface area contributed by atoms with Crippen LogP contribution in [0.15, 0.2) is 0 Å².